The van der Waals surface area contributed by atoms with Crippen molar-refractivity contribution in [2.45, 2.75) is 30.3 Å². The summed E-state index contributed by atoms with van der Waals surface area (Å²) in [7, 11) is -3.52. The first-order valence-electron chi connectivity index (χ1n) is 10.4. The van der Waals surface area contributed by atoms with Gasteiger partial charge in [0.1, 0.15) is 5.82 Å². The number of nitrogens with zero attached hydrogens (tertiary/aromatic N) is 1. The third kappa shape index (κ3) is 4.42. The molecule has 0 aliphatic heterocycles. The Hall–Kier alpha value is -3.49. The molecule has 0 atom stereocenters. The van der Waals surface area contributed by atoms with Crippen molar-refractivity contribution in [1.29, 1.82) is 0 Å². The second-order valence-corrected chi connectivity index (χ2v) is 9.62. The Bertz CT molecular complexity index is 1340. The molecule has 1 aromatic heterocycles. The lowest BCUT2D eigenvalue weighted by atomic mass is 10.1. The third-order valence-corrected chi connectivity index (χ3v) is 6.93. The van der Waals surface area contributed by atoms with E-state index in [0.717, 1.165) is 40.8 Å². The summed E-state index contributed by atoms with van der Waals surface area (Å²) >= 11 is 0. The highest BCUT2D eigenvalue weighted by atomic mass is 32.2. The third-order valence-electron chi connectivity index (χ3n) is 5.40. The molecule has 1 amide bonds. The van der Waals surface area contributed by atoms with E-state index in [0.29, 0.717) is 12.1 Å². The van der Waals surface area contributed by atoms with Crippen molar-refractivity contribution in [3.8, 4) is 11.4 Å². The monoisotopic (exact) mass is 446 g/mol. The van der Waals surface area contributed by atoms with Gasteiger partial charge in [0.15, 0.2) is 0 Å². The quantitative estimate of drug-likeness (QED) is 0.403. The molecule has 7 nitrogen and oxygen atoms in total. The molecular formula is C24H22N4O3S. The number of aromatic nitrogens is 2. The lowest BCUT2D eigenvalue weighted by Crippen LogP contribution is -2.26. The minimum atomic E-state index is -3.52. The van der Waals surface area contributed by atoms with Crippen LogP contribution in [0, 0.1) is 0 Å². The van der Waals surface area contributed by atoms with Crippen LogP contribution in [0.4, 0.5) is 0 Å². The average Bonchev–Trinajstić information content (AvgIpc) is 3.50. The summed E-state index contributed by atoms with van der Waals surface area (Å²) in [5, 5.41) is 2.87. The molecule has 4 aromatic rings. The number of carbonyl (C=O) groups excluding carboxylic acids is 1. The molecule has 5 rings (SSSR count). The maximum Gasteiger partial charge on any atom is 0.251 e. The van der Waals surface area contributed by atoms with Crippen LogP contribution in [-0.2, 0) is 16.6 Å². The smallest absolute Gasteiger partial charge is 0.251 e. The summed E-state index contributed by atoms with van der Waals surface area (Å²) in [6, 6.07) is 21.7. The van der Waals surface area contributed by atoms with Crippen LogP contribution < -0.4 is 10.0 Å². The fourth-order valence-corrected chi connectivity index (χ4v) is 4.73. The number of sulfonamides is 1. The van der Waals surface area contributed by atoms with Crippen LogP contribution in [0.2, 0.25) is 0 Å². The van der Waals surface area contributed by atoms with Gasteiger partial charge in [0.25, 0.3) is 5.91 Å². The molecule has 162 valence electrons. The van der Waals surface area contributed by atoms with E-state index in [1.807, 2.05) is 48.5 Å². The van der Waals surface area contributed by atoms with Gasteiger partial charge in [0.2, 0.25) is 10.0 Å². The Labute approximate surface area is 185 Å². The van der Waals surface area contributed by atoms with Crippen molar-refractivity contribution in [1.82, 2.24) is 20.0 Å². The van der Waals surface area contributed by atoms with Gasteiger partial charge in [-0.3, -0.25) is 4.79 Å². The molecule has 1 heterocycles. The highest BCUT2D eigenvalue weighted by Gasteiger charge is 2.27. The lowest BCUT2D eigenvalue weighted by molar-refractivity contribution is 0.0951. The lowest BCUT2D eigenvalue weighted by Gasteiger charge is -2.08. The van der Waals surface area contributed by atoms with Crippen LogP contribution in [0.1, 0.15) is 28.8 Å². The van der Waals surface area contributed by atoms with Gasteiger partial charge in [-0.1, -0.05) is 36.4 Å². The second kappa shape index (κ2) is 8.22. The Morgan fingerprint density at radius 1 is 0.969 bits per heavy atom. The van der Waals surface area contributed by atoms with E-state index >= 15 is 0 Å². The van der Waals surface area contributed by atoms with Crippen molar-refractivity contribution < 1.29 is 13.2 Å². The number of aromatic amines is 1. The number of benzene rings is 3. The molecule has 0 radical (unpaired) electrons. The van der Waals surface area contributed by atoms with E-state index in [-0.39, 0.29) is 16.8 Å². The molecule has 32 heavy (non-hydrogen) atoms. The number of rotatable bonds is 7. The molecule has 8 heteroatoms. The number of imidazole rings is 1. The van der Waals surface area contributed by atoms with Gasteiger partial charge in [-0.2, -0.15) is 0 Å². The molecule has 1 saturated carbocycles. The van der Waals surface area contributed by atoms with E-state index < -0.39 is 10.0 Å². The molecule has 1 aliphatic rings. The molecular weight excluding hydrogens is 424 g/mol. The normalized spacial score (nSPS) is 13.9. The maximum absolute atomic E-state index is 12.5. The molecule has 0 spiro atoms. The molecule has 0 saturated heterocycles. The first kappa shape index (κ1) is 20.4. The van der Waals surface area contributed by atoms with Gasteiger partial charge in [-0.15, -0.1) is 0 Å². The van der Waals surface area contributed by atoms with Crippen LogP contribution >= 0.6 is 0 Å². The summed E-state index contributed by atoms with van der Waals surface area (Å²) in [4.78, 5) is 20.5. The summed E-state index contributed by atoms with van der Waals surface area (Å²) < 4.78 is 27.1. The zero-order valence-corrected chi connectivity index (χ0v) is 18.0. The fraction of sp³-hybridized carbons (Fsp3) is 0.167. The van der Waals surface area contributed by atoms with E-state index in [9.17, 15) is 13.2 Å². The van der Waals surface area contributed by atoms with Crippen LogP contribution in [-0.4, -0.2) is 30.3 Å². The predicted molar refractivity (Wildman–Crippen MR) is 122 cm³/mol. The van der Waals surface area contributed by atoms with Gasteiger partial charge in [-0.05, 0) is 54.8 Å². The van der Waals surface area contributed by atoms with E-state index in [2.05, 4.69) is 20.0 Å². The van der Waals surface area contributed by atoms with Gasteiger partial charge < -0.3 is 10.3 Å². The van der Waals surface area contributed by atoms with Crippen molar-refractivity contribution >= 4 is 27.0 Å². The fourth-order valence-electron chi connectivity index (χ4n) is 3.43. The van der Waals surface area contributed by atoms with Crippen molar-refractivity contribution in [3.05, 3.63) is 83.9 Å². The summed E-state index contributed by atoms with van der Waals surface area (Å²) in [6.07, 6.45) is 1.75. The van der Waals surface area contributed by atoms with Gasteiger partial charge >= 0.3 is 0 Å². The number of para-hydroxylation sites is 2. The molecule has 0 bridgehead atoms. The standard InChI is InChI=1S/C24H22N4O3S/c29-24(18-9-13-20(14-10-18)32(30,31)28-19-11-12-19)25-15-16-5-7-17(8-6-16)23-26-21-3-1-2-4-22(21)27-23/h1-10,13-14,19,28H,11-12,15H2,(H,25,29)(H,26,27). The van der Waals surface area contributed by atoms with E-state index in [1.54, 1.807) is 0 Å². The van der Waals surface area contributed by atoms with Crippen molar-refractivity contribution in [2.75, 3.05) is 0 Å². The van der Waals surface area contributed by atoms with E-state index in [4.69, 9.17) is 0 Å². The summed E-state index contributed by atoms with van der Waals surface area (Å²) in [6.45, 7) is 0.364. The minimum absolute atomic E-state index is 0.0428. The number of fused-ring (bicyclic) bond motifs is 1. The van der Waals surface area contributed by atoms with Gasteiger partial charge in [0, 0.05) is 23.7 Å². The zero-order valence-electron chi connectivity index (χ0n) is 17.2. The Morgan fingerprint density at radius 2 is 1.69 bits per heavy atom. The Balaban J connectivity index is 1.21. The maximum atomic E-state index is 12.5. The Morgan fingerprint density at radius 3 is 2.38 bits per heavy atom. The number of nitrogens with one attached hydrogen (secondary N) is 3. The van der Waals surface area contributed by atoms with Crippen LogP contribution in [0.3, 0.4) is 0 Å². The number of carbonyl (C=O) groups is 1. The van der Waals surface area contributed by atoms with Crippen molar-refractivity contribution in [2.24, 2.45) is 0 Å². The molecule has 3 aromatic carbocycles. The number of amides is 1. The van der Waals surface area contributed by atoms with E-state index in [1.165, 1.54) is 24.3 Å². The van der Waals surface area contributed by atoms with Gasteiger partial charge in [0.05, 0.1) is 15.9 Å². The zero-order chi connectivity index (χ0) is 22.1. The Kier molecular flexibility index (Phi) is 5.24. The molecule has 0 unspecified atom stereocenters. The average molecular weight is 447 g/mol. The second-order valence-electron chi connectivity index (χ2n) is 7.90. The van der Waals surface area contributed by atoms with Crippen LogP contribution in [0.25, 0.3) is 22.4 Å². The predicted octanol–water partition coefficient (Wildman–Crippen LogP) is 3.60. The largest absolute Gasteiger partial charge is 0.348 e. The van der Waals surface area contributed by atoms with Crippen molar-refractivity contribution in [3.63, 3.8) is 0 Å². The summed E-state index contributed by atoms with van der Waals surface area (Å²) in [5.41, 5.74) is 4.23. The highest BCUT2D eigenvalue weighted by Crippen LogP contribution is 2.23. The first-order valence-corrected chi connectivity index (χ1v) is 11.9. The highest BCUT2D eigenvalue weighted by molar-refractivity contribution is 7.89. The number of H-pyrrole nitrogens is 1. The topological polar surface area (TPSA) is 104 Å². The number of hydrogen-bond donors (Lipinski definition) is 3. The van der Waals surface area contributed by atoms with Gasteiger partial charge in [-0.25, -0.2) is 18.1 Å². The molecule has 3 N–H and O–H groups in total. The molecule has 1 aliphatic carbocycles. The van der Waals surface area contributed by atoms with Crippen LogP contribution in [0.5, 0.6) is 0 Å². The molecule has 1 fully saturated rings. The number of hydrogen-bond acceptors (Lipinski definition) is 4. The SMILES string of the molecule is O=C(NCc1ccc(-c2nc3ccccc3[nH]2)cc1)c1ccc(S(=O)(=O)NC2CC2)cc1. The first-order chi connectivity index (χ1) is 15.5. The van der Waals surface area contributed by atoms with Crippen LogP contribution in [0.15, 0.2) is 77.7 Å². The summed E-state index contributed by atoms with van der Waals surface area (Å²) in [5.74, 6) is 0.540. The minimum Gasteiger partial charge on any atom is -0.348 e.